The fourth-order valence-electron chi connectivity index (χ4n) is 3.37. The molecule has 70 valence electrons. The Morgan fingerprint density at radius 3 is 2.77 bits per heavy atom. The fourth-order valence-corrected chi connectivity index (χ4v) is 3.37. The lowest BCUT2D eigenvalue weighted by Crippen LogP contribution is -2.34. The average molecular weight is 176 g/mol. The number of carbonyl (C=O) groups excluding carboxylic acids is 1. The molecule has 0 radical (unpaired) electrons. The van der Waals surface area contributed by atoms with E-state index >= 15 is 0 Å². The van der Waals surface area contributed by atoms with E-state index < -0.39 is 0 Å². The summed E-state index contributed by atoms with van der Waals surface area (Å²) >= 11 is 0. The molecule has 0 aliphatic heterocycles. The van der Waals surface area contributed by atoms with E-state index in [1.54, 1.807) is 0 Å². The van der Waals surface area contributed by atoms with E-state index in [1.165, 1.54) is 19.3 Å². The minimum atomic E-state index is -0.218. The number of rotatable bonds is 2. The van der Waals surface area contributed by atoms with Crippen LogP contribution in [0.2, 0.25) is 0 Å². The zero-order valence-electron chi connectivity index (χ0n) is 8.12. The van der Waals surface area contributed by atoms with Crippen LogP contribution in [-0.2, 0) is 4.79 Å². The van der Waals surface area contributed by atoms with E-state index in [0.29, 0.717) is 11.8 Å². The van der Waals surface area contributed by atoms with Gasteiger partial charge in [-0.1, -0.05) is 13.5 Å². The Labute approximate surface area is 79.5 Å². The molecule has 0 aromatic carbocycles. The lowest BCUT2D eigenvalue weighted by atomic mass is 9.68. The predicted molar refractivity (Wildman–Crippen MR) is 52.2 cm³/mol. The standard InChI is InChI=1S/C12H16O/c1-3-6-12(8-13)9(2)10-4-5-11(12)7-10/h6,8-11H,1,4-5,7H2,2H3. The third-order valence-corrected chi connectivity index (χ3v) is 4.23. The molecule has 4 unspecified atom stereocenters. The summed E-state index contributed by atoms with van der Waals surface area (Å²) < 4.78 is 0. The van der Waals surface area contributed by atoms with Crippen LogP contribution in [0.3, 0.4) is 0 Å². The first-order valence-corrected chi connectivity index (χ1v) is 5.08. The molecule has 1 heteroatoms. The van der Waals surface area contributed by atoms with Gasteiger partial charge in [-0.3, -0.25) is 0 Å². The van der Waals surface area contributed by atoms with Gasteiger partial charge in [0.15, 0.2) is 0 Å². The normalized spacial score (nSPS) is 47.3. The number of fused-ring (bicyclic) bond motifs is 2. The van der Waals surface area contributed by atoms with Crippen molar-refractivity contribution < 1.29 is 4.79 Å². The largest absolute Gasteiger partial charge is 0.302 e. The molecule has 2 aliphatic carbocycles. The van der Waals surface area contributed by atoms with Crippen molar-refractivity contribution in [2.45, 2.75) is 26.2 Å². The molecule has 0 saturated heterocycles. The van der Waals surface area contributed by atoms with Crippen molar-refractivity contribution in [3.63, 3.8) is 0 Å². The third-order valence-electron chi connectivity index (χ3n) is 4.23. The van der Waals surface area contributed by atoms with Crippen LogP contribution < -0.4 is 0 Å². The third kappa shape index (κ3) is 0.971. The molecule has 13 heavy (non-hydrogen) atoms. The van der Waals surface area contributed by atoms with Gasteiger partial charge >= 0.3 is 0 Å². The summed E-state index contributed by atoms with van der Waals surface area (Å²) in [6.45, 7) is 5.80. The average Bonchev–Trinajstić information content (AvgIpc) is 2.69. The van der Waals surface area contributed by atoms with Crippen molar-refractivity contribution in [3.05, 3.63) is 18.4 Å². The molecule has 2 fully saturated rings. The number of allylic oxidation sites excluding steroid dienone is 1. The second-order valence-corrected chi connectivity index (χ2v) is 4.53. The minimum absolute atomic E-state index is 0.218. The lowest BCUT2D eigenvalue weighted by molar-refractivity contribution is -0.118. The summed E-state index contributed by atoms with van der Waals surface area (Å²) in [5.74, 6) is 1.83. The van der Waals surface area contributed by atoms with Crippen LogP contribution in [0.5, 0.6) is 0 Å². The monoisotopic (exact) mass is 176 g/mol. The molecule has 1 nitrogen and oxygen atoms in total. The maximum atomic E-state index is 11.2. The van der Waals surface area contributed by atoms with E-state index in [0.717, 1.165) is 12.2 Å². The highest BCUT2D eigenvalue weighted by molar-refractivity contribution is 5.65. The Balaban J connectivity index is 2.39. The molecule has 0 aromatic heterocycles. The summed E-state index contributed by atoms with van der Waals surface area (Å²) in [5, 5.41) is 0. The Morgan fingerprint density at radius 2 is 2.31 bits per heavy atom. The van der Waals surface area contributed by atoms with Gasteiger partial charge in [0.1, 0.15) is 6.29 Å². The van der Waals surface area contributed by atoms with Crippen molar-refractivity contribution in [1.82, 2.24) is 0 Å². The van der Waals surface area contributed by atoms with Crippen LogP contribution in [0.1, 0.15) is 26.2 Å². The van der Waals surface area contributed by atoms with Gasteiger partial charge in [0, 0.05) is 0 Å². The second kappa shape index (κ2) is 2.85. The molecule has 0 heterocycles. The first kappa shape index (κ1) is 8.77. The molecule has 2 saturated carbocycles. The molecule has 2 bridgehead atoms. The Hall–Kier alpha value is -0.810. The van der Waals surface area contributed by atoms with Crippen LogP contribution in [0.4, 0.5) is 0 Å². The van der Waals surface area contributed by atoms with Crippen LogP contribution in [0, 0.1) is 23.2 Å². The topological polar surface area (TPSA) is 17.1 Å². The quantitative estimate of drug-likeness (QED) is 0.467. The van der Waals surface area contributed by atoms with E-state index in [2.05, 4.69) is 19.2 Å². The predicted octanol–water partition coefficient (Wildman–Crippen LogP) is 2.58. The smallest absolute Gasteiger partial charge is 0.131 e. The molecular formula is C12H16O. The van der Waals surface area contributed by atoms with Gasteiger partial charge in [0.2, 0.25) is 0 Å². The van der Waals surface area contributed by atoms with Crippen LogP contribution in [0.15, 0.2) is 18.4 Å². The second-order valence-electron chi connectivity index (χ2n) is 4.53. The van der Waals surface area contributed by atoms with Gasteiger partial charge in [-0.2, -0.15) is 0 Å². The van der Waals surface area contributed by atoms with Gasteiger partial charge in [0.25, 0.3) is 0 Å². The van der Waals surface area contributed by atoms with E-state index in [9.17, 15) is 4.79 Å². The van der Waals surface area contributed by atoms with Gasteiger partial charge in [-0.05, 0) is 43.1 Å². The van der Waals surface area contributed by atoms with Crippen molar-refractivity contribution in [2.75, 3.05) is 0 Å². The first-order valence-electron chi connectivity index (χ1n) is 5.08. The van der Waals surface area contributed by atoms with E-state index in [4.69, 9.17) is 0 Å². The molecular weight excluding hydrogens is 160 g/mol. The van der Waals surface area contributed by atoms with Crippen molar-refractivity contribution in [3.8, 4) is 0 Å². The Morgan fingerprint density at radius 1 is 1.54 bits per heavy atom. The number of carbonyl (C=O) groups is 1. The minimum Gasteiger partial charge on any atom is -0.302 e. The van der Waals surface area contributed by atoms with Crippen molar-refractivity contribution in [1.29, 1.82) is 0 Å². The van der Waals surface area contributed by atoms with Gasteiger partial charge in [-0.15, -0.1) is 5.73 Å². The highest BCUT2D eigenvalue weighted by Crippen LogP contribution is 2.59. The van der Waals surface area contributed by atoms with Crippen LogP contribution >= 0.6 is 0 Å². The number of hydrogen-bond donors (Lipinski definition) is 0. The summed E-state index contributed by atoms with van der Waals surface area (Å²) in [6, 6.07) is 0. The zero-order chi connectivity index (χ0) is 9.47. The SMILES string of the molecule is C=C=CC1(C=O)C2CCC(C2)C1C. The van der Waals surface area contributed by atoms with Crippen molar-refractivity contribution >= 4 is 6.29 Å². The zero-order valence-corrected chi connectivity index (χ0v) is 8.12. The lowest BCUT2D eigenvalue weighted by Gasteiger charge is -2.34. The van der Waals surface area contributed by atoms with E-state index in [1.807, 2.05) is 6.08 Å². The van der Waals surface area contributed by atoms with Crippen molar-refractivity contribution in [2.24, 2.45) is 23.2 Å². The van der Waals surface area contributed by atoms with Crippen LogP contribution in [0.25, 0.3) is 0 Å². The Bertz CT molecular complexity index is 271. The summed E-state index contributed by atoms with van der Waals surface area (Å²) in [4.78, 5) is 11.2. The summed E-state index contributed by atoms with van der Waals surface area (Å²) in [5.41, 5.74) is 2.59. The number of hydrogen-bond acceptors (Lipinski definition) is 1. The highest BCUT2D eigenvalue weighted by Gasteiger charge is 2.54. The molecule has 2 aliphatic rings. The highest BCUT2D eigenvalue weighted by atomic mass is 16.1. The summed E-state index contributed by atoms with van der Waals surface area (Å²) in [7, 11) is 0. The van der Waals surface area contributed by atoms with Gasteiger partial charge in [-0.25, -0.2) is 0 Å². The fraction of sp³-hybridized carbons (Fsp3) is 0.667. The molecule has 0 N–H and O–H groups in total. The van der Waals surface area contributed by atoms with Gasteiger partial charge < -0.3 is 4.79 Å². The molecule has 2 rings (SSSR count). The van der Waals surface area contributed by atoms with Gasteiger partial charge in [0.05, 0.1) is 5.41 Å². The molecule has 0 amide bonds. The van der Waals surface area contributed by atoms with Crippen LogP contribution in [-0.4, -0.2) is 6.29 Å². The molecule has 4 atom stereocenters. The summed E-state index contributed by atoms with van der Waals surface area (Å²) in [6.07, 6.45) is 6.81. The Kier molecular flexibility index (Phi) is 1.92. The van der Waals surface area contributed by atoms with E-state index in [-0.39, 0.29) is 5.41 Å². The molecule has 0 spiro atoms. The number of aldehydes is 1. The maximum absolute atomic E-state index is 11.2. The molecule has 0 aromatic rings. The maximum Gasteiger partial charge on any atom is 0.131 e. The first-order chi connectivity index (χ1) is 6.24.